The van der Waals surface area contributed by atoms with Crippen molar-refractivity contribution in [1.29, 1.82) is 0 Å². The second-order valence-corrected chi connectivity index (χ2v) is 9.66. The molecular formula is C23H30BNO5. The first-order chi connectivity index (χ1) is 14.1. The average Bonchev–Trinajstić information content (AvgIpc) is 3.28. The number of amides is 1. The zero-order valence-electron chi connectivity index (χ0n) is 18.1. The first-order valence-corrected chi connectivity index (χ1v) is 10.7. The molecule has 3 fully saturated rings. The minimum atomic E-state index is -1.18. The highest BCUT2D eigenvalue weighted by Crippen LogP contribution is 2.51. The first kappa shape index (κ1) is 21.1. The van der Waals surface area contributed by atoms with Gasteiger partial charge in [0.15, 0.2) is 0 Å². The van der Waals surface area contributed by atoms with Gasteiger partial charge in [-0.15, -0.1) is 0 Å². The highest BCUT2D eigenvalue weighted by molar-refractivity contribution is 6.46. The van der Waals surface area contributed by atoms with Crippen molar-refractivity contribution in [3.05, 3.63) is 48.0 Å². The molecule has 2 bridgehead atoms. The topological polar surface area (TPSA) is 76.1 Å². The Bertz CT molecular complexity index is 852. The van der Waals surface area contributed by atoms with Crippen molar-refractivity contribution < 1.29 is 24.0 Å². The summed E-state index contributed by atoms with van der Waals surface area (Å²) in [7, 11) is -0.354. The van der Waals surface area contributed by atoms with Crippen LogP contribution in [0.15, 0.2) is 42.5 Å². The Morgan fingerprint density at radius 2 is 1.80 bits per heavy atom. The van der Waals surface area contributed by atoms with E-state index in [1.165, 1.54) is 0 Å². The van der Waals surface area contributed by atoms with Gasteiger partial charge in [-0.3, -0.25) is 4.79 Å². The van der Waals surface area contributed by atoms with E-state index < -0.39 is 11.5 Å². The number of hydrogen-bond acceptors (Lipinski definition) is 4. The fourth-order valence-electron chi connectivity index (χ4n) is 5.13. The molecule has 0 spiro atoms. The molecule has 3 aliphatic rings. The van der Waals surface area contributed by atoms with Crippen LogP contribution in [0.5, 0.6) is 0 Å². The van der Waals surface area contributed by atoms with Gasteiger partial charge >= 0.3 is 13.1 Å². The highest BCUT2D eigenvalue weighted by atomic mass is 16.7. The summed E-state index contributed by atoms with van der Waals surface area (Å²) in [5.41, 5.74) is -1.42. The Morgan fingerprint density at radius 3 is 2.40 bits per heavy atom. The van der Waals surface area contributed by atoms with Gasteiger partial charge in [-0.2, -0.15) is 0 Å². The van der Waals surface area contributed by atoms with Crippen LogP contribution in [0.1, 0.15) is 57.3 Å². The van der Waals surface area contributed by atoms with Crippen molar-refractivity contribution >= 4 is 19.0 Å². The predicted molar refractivity (Wildman–Crippen MR) is 114 cm³/mol. The Labute approximate surface area is 178 Å². The van der Waals surface area contributed by atoms with Gasteiger partial charge < -0.3 is 19.3 Å². The fraction of sp³-hybridized carbons (Fsp3) is 0.565. The third kappa shape index (κ3) is 3.19. The van der Waals surface area contributed by atoms with Crippen LogP contribution in [0.2, 0.25) is 6.32 Å². The predicted octanol–water partition coefficient (Wildman–Crippen LogP) is 3.78. The molecule has 1 amide bonds. The lowest BCUT2D eigenvalue weighted by Gasteiger charge is -2.34. The molecule has 160 valence electrons. The van der Waals surface area contributed by atoms with Crippen LogP contribution in [0.3, 0.4) is 0 Å². The number of nitrogens with zero attached hydrogens (tertiary/aromatic N) is 1. The molecule has 0 saturated carbocycles. The van der Waals surface area contributed by atoms with Gasteiger partial charge in [-0.25, -0.2) is 4.79 Å². The Balaban J connectivity index is 1.52. The van der Waals surface area contributed by atoms with Crippen LogP contribution in [-0.2, 0) is 14.1 Å². The van der Waals surface area contributed by atoms with E-state index >= 15 is 0 Å². The minimum Gasteiger partial charge on any atom is -0.479 e. The molecule has 0 aromatic heterocycles. The van der Waals surface area contributed by atoms with Gasteiger partial charge in [-0.05, 0) is 59.1 Å². The van der Waals surface area contributed by atoms with Crippen LogP contribution in [0.25, 0.3) is 0 Å². The van der Waals surface area contributed by atoms with Crippen molar-refractivity contribution in [3.8, 4) is 0 Å². The van der Waals surface area contributed by atoms with Crippen LogP contribution >= 0.6 is 0 Å². The number of carbonyl (C=O) groups excluding carboxylic acids is 1. The lowest BCUT2D eigenvalue weighted by atomic mass is 9.76. The molecule has 3 aliphatic heterocycles. The van der Waals surface area contributed by atoms with Gasteiger partial charge in [-0.1, -0.05) is 30.4 Å². The van der Waals surface area contributed by atoms with Crippen LogP contribution in [0.4, 0.5) is 0 Å². The van der Waals surface area contributed by atoms with Gasteiger partial charge in [0, 0.05) is 23.8 Å². The molecule has 3 heterocycles. The van der Waals surface area contributed by atoms with E-state index in [0.717, 1.165) is 6.42 Å². The van der Waals surface area contributed by atoms with E-state index in [1.54, 1.807) is 29.2 Å². The first-order valence-electron chi connectivity index (χ1n) is 10.7. The Kier molecular flexibility index (Phi) is 5.10. The van der Waals surface area contributed by atoms with Crippen molar-refractivity contribution in [2.24, 2.45) is 5.92 Å². The normalized spacial score (nSPS) is 31.6. The fourth-order valence-corrected chi connectivity index (χ4v) is 5.13. The SMILES string of the molecule is CC1(C)OB(C/C=C/[C@@H]2C[C@H]3CC[C@]2(C(=O)O)N3C(=O)c2ccccc2)OC1(C)C. The largest absolute Gasteiger partial charge is 0.479 e. The summed E-state index contributed by atoms with van der Waals surface area (Å²) in [5.74, 6) is -1.33. The van der Waals surface area contributed by atoms with E-state index in [9.17, 15) is 14.7 Å². The number of benzene rings is 1. The molecule has 4 rings (SSSR count). The van der Waals surface area contributed by atoms with E-state index in [0.29, 0.717) is 24.7 Å². The standard InChI is InChI=1S/C23H30BNO5/c1-21(2)22(3,4)30-24(29-21)14-8-11-17-15-18-12-13-23(17,20(27)28)25(18)19(26)16-9-6-5-7-10-16/h5-11,17-18H,12-15H2,1-4H3,(H,27,28)/b11-8+/t17-,18-,23+/m1/s1. The zero-order valence-corrected chi connectivity index (χ0v) is 18.1. The molecule has 3 atom stereocenters. The number of carboxylic acids is 1. The summed E-state index contributed by atoms with van der Waals surface area (Å²) in [6, 6.07) is 8.92. The van der Waals surface area contributed by atoms with Gasteiger partial charge in [0.1, 0.15) is 5.54 Å². The molecular weight excluding hydrogens is 381 g/mol. The number of carbonyl (C=O) groups is 2. The number of fused-ring (bicyclic) bond motifs is 2. The smallest absolute Gasteiger partial charge is 0.461 e. The molecule has 0 unspecified atom stereocenters. The summed E-state index contributed by atoms with van der Waals surface area (Å²) in [6.45, 7) is 8.05. The molecule has 3 saturated heterocycles. The average molecular weight is 411 g/mol. The summed E-state index contributed by atoms with van der Waals surface area (Å²) in [6.07, 6.45) is 6.36. The molecule has 0 radical (unpaired) electrons. The molecule has 1 aromatic carbocycles. The quantitative estimate of drug-likeness (QED) is 0.590. The molecule has 1 N–H and O–H groups in total. The van der Waals surface area contributed by atoms with E-state index in [4.69, 9.17) is 9.31 Å². The maximum Gasteiger partial charge on any atom is 0.461 e. The van der Waals surface area contributed by atoms with Gasteiger partial charge in [0.05, 0.1) is 11.2 Å². The number of allylic oxidation sites excluding steroid dienone is 1. The van der Waals surface area contributed by atoms with Crippen LogP contribution in [0, 0.1) is 5.92 Å². The monoisotopic (exact) mass is 411 g/mol. The van der Waals surface area contributed by atoms with Gasteiger partial charge in [0.25, 0.3) is 5.91 Å². The van der Waals surface area contributed by atoms with E-state index in [2.05, 4.69) is 0 Å². The summed E-state index contributed by atoms with van der Waals surface area (Å²) in [4.78, 5) is 27.3. The Morgan fingerprint density at radius 1 is 1.17 bits per heavy atom. The molecule has 6 nitrogen and oxygen atoms in total. The maximum absolute atomic E-state index is 13.2. The number of carboxylic acid groups (broad SMARTS) is 1. The molecule has 7 heteroatoms. The molecule has 30 heavy (non-hydrogen) atoms. The van der Waals surface area contributed by atoms with Crippen LogP contribution < -0.4 is 0 Å². The van der Waals surface area contributed by atoms with Crippen molar-refractivity contribution in [2.45, 2.75) is 76.1 Å². The minimum absolute atomic E-state index is 0.0414. The molecule has 1 aromatic rings. The number of hydrogen-bond donors (Lipinski definition) is 1. The second kappa shape index (κ2) is 7.24. The molecule has 0 aliphatic carbocycles. The number of rotatable bonds is 5. The lowest BCUT2D eigenvalue weighted by Crippen LogP contribution is -2.54. The van der Waals surface area contributed by atoms with Crippen molar-refractivity contribution in [2.75, 3.05) is 0 Å². The van der Waals surface area contributed by atoms with Gasteiger partial charge in [0.2, 0.25) is 0 Å². The maximum atomic E-state index is 13.2. The van der Waals surface area contributed by atoms with E-state index in [-0.39, 0.29) is 36.2 Å². The third-order valence-electron chi connectivity index (χ3n) is 7.40. The van der Waals surface area contributed by atoms with Crippen LogP contribution in [-0.4, -0.2) is 51.8 Å². The lowest BCUT2D eigenvalue weighted by molar-refractivity contribution is -0.149. The zero-order chi connectivity index (χ0) is 21.7. The third-order valence-corrected chi connectivity index (χ3v) is 7.40. The van der Waals surface area contributed by atoms with Crippen molar-refractivity contribution in [1.82, 2.24) is 4.90 Å². The number of aliphatic carboxylic acids is 1. The second-order valence-electron chi connectivity index (χ2n) is 9.66. The van der Waals surface area contributed by atoms with E-state index in [1.807, 2.05) is 45.9 Å². The summed E-state index contributed by atoms with van der Waals surface area (Å²) >= 11 is 0. The Hall–Kier alpha value is -2.12. The summed E-state index contributed by atoms with van der Waals surface area (Å²) in [5, 5.41) is 10.2. The van der Waals surface area contributed by atoms with Crippen molar-refractivity contribution in [3.63, 3.8) is 0 Å². The highest BCUT2D eigenvalue weighted by Gasteiger charge is 2.63. The summed E-state index contributed by atoms with van der Waals surface area (Å²) < 4.78 is 12.1.